The Kier molecular flexibility index (Phi) is 7.65. The molecule has 0 bridgehead atoms. The van der Waals surface area contributed by atoms with E-state index < -0.39 is 0 Å². The number of aromatic nitrogens is 1. The zero-order valence-electron chi connectivity index (χ0n) is 15.1. The highest BCUT2D eigenvalue weighted by Gasteiger charge is 2.28. The summed E-state index contributed by atoms with van der Waals surface area (Å²) in [6.07, 6.45) is 2.85. The minimum absolute atomic E-state index is 0. The largest absolute Gasteiger partial charge is 0.338 e. The second kappa shape index (κ2) is 9.02. The average molecular weight is 367 g/mol. The number of aryl methyl sites for hydroxylation is 1. The maximum atomic E-state index is 12.6. The second-order valence-corrected chi connectivity index (χ2v) is 6.78. The molecule has 25 heavy (non-hydrogen) atoms. The average Bonchev–Trinajstić information content (AvgIpc) is 2.54. The van der Waals surface area contributed by atoms with E-state index in [1.807, 2.05) is 11.0 Å². The third-order valence-corrected chi connectivity index (χ3v) is 5.08. The molecule has 2 heterocycles. The molecule has 2 atom stereocenters. The monoisotopic (exact) mass is 366 g/mol. The summed E-state index contributed by atoms with van der Waals surface area (Å²) in [6, 6.07) is 2.07. The molecule has 0 saturated carbocycles. The number of likely N-dealkylation sites (tertiary alicyclic amines) is 1. The van der Waals surface area contributed by atoms with Crippen LogP contribution in [0.3, 0.4) is 0 Å². The van der Waals surface area contributed by atoms with Crippen molar-refractivity contribution in [1.82, 2.24) is 9.88 Å². The first-order chi connectivity index (χ1) is 11.4. The van der Waals surface area contributed by atoms with Gasteiger partial charge >= 0.3 is 0 Å². The first-order valence-corrected chi connectivity index (χ1v) is 8.51. The lowest BCUT2D eigenvalue weighted by atomic mass is 9.91. The summed E-state index contributed by atoms with van der Waals surface area (Å²) in [5.74, 6) is 0.699. The first-order valence-electron chi connectivity index (χ1n) is 8.51. The number of aromatic amines is 1. The number of pyridine rings is 1. The van der Waals surface area contributed by atoms with Gasteiger partial charge in [0.2, 0.25) is 5.91 Å². The number of hydrogen-bond donors (Lipinski definition) is 2. The van der Waals surface area contributed by atoms with Crippen LogP contribution in [-0.4, -0.2) is 34.9 Å². The Balaban J connectivity index is 0.00000312. The fourth-order valence-corrected chi connectivity index (χ4v) is 3.60. The number of halogens is 1. The molecule has 6 nitrogen and oxygen atoms in total. The van der Waals surface area contributed by atoms with E-state index in [0.29, 0.717) is 30.9 Å². The molecule has 0 aliphatic carbocycles. The van der Waals surface area contributed by atoms with Gasteiger partial charge in [0.25, 0.3) is 5.56 Å². The van der Waals surface area contributed by atoms with Crippen LogP contribution >= 0.6 is 12.4 Å². The lowest BCUT2D eigenvalue weighted by molar-refractivity contribution is -0.135. The molecule has 2 unspecified atom stereocenters. The Bertz CT molecular complexity index is 723. The van der Waals surface area contributed by atoms with E-state index in [-0.39, 0.29) is 35.5 Å². The molecule has 1 aliphatic rings. The van der Waals surface area contributed by atoms with E-state index in [4.69, 9.17) is 11.0 Å². The van der Waals surface area contributed by atoms with Crippen LogP contribution in [0.5, 0.6) is 0 Å². The summed E-state index contributed by atoms with van der Waals surface area (Å²) in [5.41, 5.74) is 7.89. The van der Waals surface area contributed by atoms with Crippen LogP contribution < -0.4 is 11.3 Å². The van der Waals surface area contributed by atoms with Crippen molar-refractivity contribution >= 4 is 18.3 Å². The van der Waals surface area contributed by atoms with Gasteiger partial charge in [0.15, 0.2) is 0 Å². The predicted molar refractivity (Wildman–Crippen MR) is 99.8 cm³/mol. The summed E-state index contributed by atoms with van der Waals surface area (Å²) in [7, 11) is 0. The maximum Gasteiger partial charge on any atom is 0.266 e. The molecule has 1 saturated heterocycles. The Labute approximate surface area is 154 Å². The van der Waals surface area contributed by atoms with Crippen LogP contribution in [0, 0.1) is 31.1 Å². The summed E-state index contributed by atoms with van der Waals surface area (Å²) >= 11 is 0. The van der Waals surface area contributed by atoms with E-state index >= 15 is 0 Å². The predicted octanol–water partition coefficient (Wildman–Crippen LogP) is 1.80. The highest BCUT2D eigenvalue weighted by atomic mass is 35.5. The third kappa shape index (κ3) is 4.62. The van der Waals surface area contributed by atoms with Gasteiger partial charge in [-0.15, -0.1) is 12.4 Å². The fraction of sp³-hybridized carbons (Fsp3) is 0.611. The molecule has 1 amide bonds. The molecule has 2 rings (SSSR count). The molecule has 1 aromatic rings. The minimum atomic E-state index is -0.365. The standard InChI is InChI=1S/C18H26N4O2.ClH/c1-11-6-7-22(14(8-11)9-19)17(23)5-4-15-12(2)16(10-20)18(24)21-13(15)3;/h11,14H,4-9,19H2,1-3H3,(H,21,24);1H. The number of carbonyl (C=O) groups excluding carboxylic acids is 1. The second-order valence-electron chi connectivity index (χ2n) is 6.78. The molecule has 0 spiro atoms. The number of nitrogens with one attached hydrogen (secondary N) is 1. The number of nitriles is 1. The van der Waals surface area contributed by atoms with Crippen LogP contribution in [-0.2, 0) is 11.2 Å². The van der Waals surface area contributed by atoms with Crippen LogP contribution in [0.2, 0.25) is 0 Å². The van der Waals surface area contributed by atoms with Crippen molar-refractivity contribution in [2.24, 2.45) is 11.7 Å². The van der Waals surface area contributed by atoms with E-state index in [0.717, 1.165) is 30.6 Å². The molecule has 1 aromatic heterocycles. The van der Waals surface area contributed by atoms with Gasteiger partial charge in [-0.1, -0.05) is 6.92 Å². The Hall–Kier alpha value is -1.84. The molecule has 7 heteroatoms. The van der Waals surface area contributed by atoms with Gasteiger partial charge in [-0.05, 0) is 50.2 Å². The van der Waals surface area contributed by atoms with Crippen molar-refractivity contribution < 1.29 is 4.79 Å². The van der Waals surface area contributed by atoms with Gasteiger partial charge in [-0.2, -0.15) is 5.26 Å². The summed E-state index contributed by atoms with van der Waals surface area (Å²) in [6.45, 7) is 7.02. The number of H-pyrrole nitrogens is 1. The topological polar surface area (TPSA) is 103 Å². The molecule has 3 N–H and O–H groups in total. The minimum Gasteiger partial charge on any atom is -0.338 e. The maximum absolute atomic E-state index is 12.6. The van der Waals surface area contributed by atoms with E-state index in [2.05, 4.69) is 11.9 Å². The van der Waals surface area contributed by atoms with Crippen molar-refractivity contribution in [2.45, 2.75) is 52.5 Å². The Morgan fingerprint density at radius 3 is 2.72 bits per heavy atom. The van der Waals surface area contributed by atoms with Crippen LogP contribution in [0.25, 0.3) is 0 Å². The van der Waals surface area contributed by atoms with Crippen LogP contribution in [0.4, 0.5) is 0 Å². The third-order valence-electron chi connectivity index (χ3n) is 5.08. The number of hydrogen-bond acceptors (Lipinski definition) is 4. The molecular weight excluding hydrogens is 340 g/mol. The lowest BCUT2D eigenvalue weighted by Crippen LogP contribution is -2.49. The number of amides is 1. The number of rotatable bonds is 4. The SMILES string of the molecule is Cc1[nH]c(=O)c(C#N)c(C)c1CCC(=O)N1CCC(C)CC1CN.Cl. The van der Waals surface area contributed by atoms with Gasteiger partial charge < -0.3 is 15.6 Å². The number of nitrogens with two attached hydrogens (primary N) is 1. The van der Waals surface area contributed by atoms with Gasteiger partial charge in [0, 0.05) is 31.2 Å². The highest BCUT2D eigenvalue weighted by molar-refractivity contribution is 5.85. The fourth-order valence-electron chi connectivity index (χ4n) is 3.60. The van der Waals surface area contributed by atoms with Gasteiger partial charge in [-0.3, -0.25) is 9.59 Å². The Morgan fingerprint density at radius 1 is 1.44 bits per heavy atom. The molecule has 1 aliphatic heterocycles. The number of carbonyl (C=O) groups is 1. The van der Waals surface area contributed by atoms with Crippen LogP contribution in [0.1, 0.15) is 48.6 Å². The van der Waals surface area contributed by atoms with E-state index in [1.165, 1.54) is 0 Å². The van der Waals surface area contributed by atoms with Gasteiger partial charge in [0.05, 0.1) is 0 Å². The van der Waals surface area contributed by atoms with Gasteiger partial charge in [0.1, 0.15) is 11.6 Å². The van der Waals surface area contributed by atoms with E-state index in [9.17, 15) is 9.59 Å². The molecule has 138 valence electrons. The normalized spacial score (nSPS) is 19.9. The number of nitrogens with zero attached hydrogens (tertiary/aromatic N) is 2. The van der Waals surface area contributed by atoms with Crippen molar-refractivity contribution in [2.75, 3.05) is 13.1 Å². The molecule has 1 fully saturated rings. The molecule has 0 aromatic carbocycles. The summed E-state index contributed by atoms with van der Waals surface area (Å²) in [4.78, 5) is 29.0. The highest BCUT2D eigenvalue weighted by Crippen LogP contribution is 2.23. The summed E-state index contributed by atoms with van der Waals surface area (Å²) < 4.78 is 0. The van der Waals surface area contributed by atoms with Crippen molar-refractivity contribution in [3.05, 3.63) is 32.7 Å². The Morgan fingerprint density at radius 2 is 2.12 bits per heavy atom. The zero-order chi connectivity index (χ0) is 17.9. The quantitative estimate of drug-likeness (QED) is 0.847. The van der Waals surface area contributed by atoms with Crippen molar-refractivity contribution in [3.63, 3.8) is 0 Å². The van der Waals surface area contributed by atoms with Gasteiger partial charge in [-0.25, -0.2) is 0 Å². The van der Waals surface area contributed by atoms with E-state index in [1.54, 1.807) is 13.8 Å². The first kappa shape index (κ1) is 21.2. The van der Waals surface area contributed by atoms with Crippen molar-refractivity contribution in [3.8, 4) is 6.07 Å². The smallest absolute Gasteiger partial charge is 0.266 e. The summed E-state index contributed by atoms with van der Waals surface area (Å²) in [5, 5.41) is 9.13. The van der Waals surface area contributed by atoms with Crippen molar-refractivity contribution in [1.29, 1.82) is 5.26 Å². The number of piperidine rings is 1. The lowest BCUT2D eigenvalue weighted by Gasteiger charge is -2.38. The molecular formula is C18H27ClN4O2. The molecule has 0 radical (unpaired) electrons. The zero-order valence-corrected chi connectivity index (χ0v) is 15.9. The van der Waals surface area contributed by atoms with Crippen LogP contribution in [0.15, 0.2) is 4.79 Å².